The highest BCUT2D eigenvalue weighted by molar-refractivity contribution is 5.83. The van der Waals surface area contributed by atoms with Crippen LogP contribution >= 0.6 is 0 Å². The minimum atomic E-state index is -0.323. The van der Waals surface area contributed by atoms with Crippen LogP contribution in [-0.4, -0.2) is 63.8 Å². The summed E-state index contributed by atoms with van der Waals surface area (Å²) in [4.78, 5) is 26.6. The summed E-state index contributed by atoms with van der Waals surface area (Å²) >= 11 is 0. The number of methoxy groups -OCH3 is 2. The van der Waals surface area contributed by atoms with Gasteiger partial charge in [-0.1, -0.05) is 18.2 Å². The Kier molecular flexibility index (Phi) is 7.06. The molecule has 1 aliphatic heterocycles. The number of nitrogens with zero attached hydrogens (tertiary/aromatic N) is 1. The molecule has 2 atom stereocenters. The van der Waals surface area contributed by atoms with Crippen LogP contribution in [0.5, 0.6) is 5.75 Å². The zero-order valence-corrected chi connectivity index (χ0v) is 15.1. The van der Waals surface area contributed by atoms with Gasteiger partial charge in [-0.15, -0.1) is 0 Å². The summed E-state index contributed by atoms with van der Waals surface area (Å²) in [5, 5.41) is 5.69. The molecule has 3 amide bonds. The average Bonchev–Trinajstić information content (AvgIpc) is 3.07. The van der Waals surface area contributed by atoms with Crippen LogP contribution in [0.15, 0.2) is 24.3 Å². The van der Waals surface area contributed by atoms with E-state index in [1.807, 2.05) is 31.2 Å². The van der Waals surface area contributed by atoms with E-state index in [9.17, 15) is 9.59 Å². The molecule has 2 unspecified atom stereocenters. The third kappa shape index (κ3) is 4.63. The number of ether oxygens (including phenoxy) is 2. The van der Waals surface area contributed by atoms with E-state index in [-0.39, 0.29) is 23.8 Å². The summed E-state index contributed by atoms with van der Waals surface area (Å²) in [5.41, 5.74) is 0.948. The molecular weight excluding hydrogens is 322 g/mol. The fourth-order valence-electron chi connectivity index (χ4n) is 3.19. The first-order valence-corrected chi connectivity index (χ1v) is 8.54. The quantitative estimate of drug-likeness (QED) is 0.725. The topological polar surface area (TPSA) is 79.9 Å². The summed E-state index contributed by atoms with van der Waals surface area (Å²) in [6.45, 7) is 4.20. The van der Waals surface area contributed by atoms with Gasteiger partial charge in [-0.2, -0.15) is 0 Å². The van der Waals surface area contributed by atoms with Crippen molar-refractivity contribution in [1.82, 2.24) is 15.5 Å². The van der Waals surface area contributed by atoms with Gasteiger partial charge < -0.3 is 25.0 Å². The van der Waals surface area contributed by atoms with Crippen LogP contribution in [0.3, 0.4) is 0 Å². The number of rotatable bonds is 7. The lowest BCUT2D eigenvalue weighted by Crippen LogP contribution is -2.40. The minimum absolute atomic E-state index is 0.0697. The molecule has 0 aromatic heterocycles. The van der Waals surface area contributed by atoms with Gasteiger partial charge in [0.05, 0.1) is 19.6 Å². The van der Waals surface area contributed by atoms with Gasteiger partial charge in [0.1, 0.15) is 5.75 Å². The number of hydrogen-bond acceptors (Lipinski definition) is 4. The lowest BCUT2D eigenvalue weighted by atomic mass is 9.87. The molecule has 1 saturated heterocycles. The minimum Gasteiger partial charge on any atom is -0.496 e. The van der Waals surface area contributed by atoms with Gasteiger partial charge in [-0.25, -0.2) is 4.79 Å². The summed E-state index contributed by atoms with van der Waals surface area (Å²) in [6, 6.07) is 7.51. The predicted molar refractivity (Wildman–Crippen MR) is 94.8 cm³/mol. The molecule has 7 nitrogen and oxygen atoms in total. The Morgan fingerprint density at radius 1 is 1.20 bits per heavy atom. The van der Waals surface area contributed by atoms with E-state index in [4.69, 9.17) is 9.47 Å². The third-order valence-electron chi connectivity index (χ3n) is 4.42. The van der Waals surface area contributed by atoms with Crippen LogP contribution in [0.1, 0.15) is 18.4 Å². The number of carbonyl (C=O) groups is 2. The molecule has 0 saturated carbocycles. The van der Waals surface area contributed by atoms with Crippen molar-refractivity contribution in [2.24, 2.45) is 5.92 Å². The molecule has 0 aliphatic carbocycles. The van der Waals surface area contributed by atoms with Crippen LogP contribution in [-0.2, 0) is 9.53 Å². The summed E-state index contributed by atoms with van der Waals surface area (Å²) in [5.74, 6) is 0.233. The van der Waals surface area contributed by atoms with Crippen molar-refractivity contribution in [2.75, 3.05) is 47.0 Å². The summed E-state index contributed by atoms with van der Waals surface area (Å²) in [6.07, 6.45) is 0. The fraction of sp³-hybridized carbons (Fsp3) is 0.556. The van der Waals surface area contributed by atoms with Crippen LogP contribution < -0.4 is 15.4 Å². The van der Waals surface area contributed by atoms with Crippen molar-refractivity contribution in [1.29, 1.82) is 0 Å². The molecule has 7 heteroatoms. The Balaban J connectivity index is 2.22. The molecule has 1 aromatic rings. The van der Waals surface area contributed by atoms with Gasteiger partial charge in [-0.05, 0) is 18.6 Å². The fourth-order valence-corrected chi connectivity index (χ4v) is 3.19. The first kappa shape index (κ1) is 19.1. The van der Waals surface area contributed by atoms with Crippen molar-refractivity contribution in [3.05, 3.63) is 29.8 Å². The Hall–Kier alpha value is -2.28. The van der Waals surface area contributed by atoms with Crippen molar-refractivity contribution in [3.63, 3.8) is 0 Å². The second-order valence-electron chi connectivity index (χ2n) is 5.98. The Morgan fingerprint density at radius 2 is 1.96 bits per heavy atom. The number of nitrogens with one attached hydrogen (secondary N) is 2. The van der Waals surface area contributed by atoms with Crippen LogP contribution in [0.4, 0.5) is 4.79 Å². The third-order valence-corrected chi connectivity index (χ3v) is 4.42. The maximum Gasteiger partial charge on any atom is 0.317 e. The number of hydrogen-bond donors (Lipinski definition) is 2. The summed E-state index contributed by atoms with van der Waals surface area (Å²) in [7, 11) is 3.21. The molecule has 0 bridgehead atoms. The van der Waals surface area contributed by atoms with Gasteiger partial charge in [0.15, 0.2) is 0 Å². The zero-order valence-electron chi connectivity index (χ0n) is 15.1. The standard InChI is InChI=1S/C18H27N3O4/c1-4-19-18(23)21-11-14(13-7-5-6-8-16(13)25-3)15(12-21)17(22)20-9-10-24-2/h5-8,14-15H,4,9-12H2,1-3H3,(H,19,23)(H,20,22). The van der Waals surface area contributed by atoms with E-state index in [0.717, 1.165) is 11.3 Å². The lowest BCUT2D eigenvalue weighted by molar-refractivity contribution is -0.125. The Bertz CT molecular complexity index is 593. The molecule has 2 rings (SSSR count). The van der Waals surface area contributed by atoms with Gasteiger partial charge in [-0.3, -0.25) is 4.79 Å². The highest BCUT2D eigenvalue weighted by Crippen LogP contribution is 2.37. The van der Waals surface area contributed by atoms with Crippen molar-refractivity contribution in [3.8, 4) is 5.75 Å². The second-order valence-corrected chi connectivity index (χ2v) is 5.98. The smallest absolute Gasteiger partial charge is 0.317 e. The van der Waals surface area contributed by atoms with Crippen molar-refractivity contribution >= 4 is 11.9 Å². The van der Waals surface area contributed by atoms with Crippen LogP contribution in [0.25, 0.3) is 0 Å². The monoisotopic (exact) mass is 349 g/mol. The molecule has 1 heterocycles. The van der Waals surface area contributed by atoms with E-state index >= 15 is 0 Å². The van der Waals surface area contributed by atoms with Gasteiger partial charge >= 0.3 is 6.03 Å². The maximum absolute atomic E-state index is 12.7. The van der Waals surface area contributed by atoms with Gasteiger partial charge in [0, 0.05) is 39.2 Å². The van der Waals surface area contributed by atoms with Gasteiger partial charge in [0.2, 0.25) is 5.91 Å². The van der Waals surface area contributed by atoms with Crippen molar-refractivity contribution in [2.45, 2.75) is 12.8 Å². The maximum atomic E-state index is 12.7. The molecule has 2 N–H and O–H groups in total. The molecule has 25 heavy (non-hydrogen) atoms. The van der Waals surface area contributed by atoms with E-state index in [1.165, 1.54) is 0 Å². The molecule has 0 radical (unpaired) electrons. The normalized spacial score (nSPS) is 19.6. The molecule has 0 spiro atoms. The zero-order chi connectivity index (χ0) is 18.2. The second kappa shape index (κ2) is 9.27. The van der Waals surface area contributed by atoms with E-state index in [1.54, 1.807) is 19.1 Å². The number of urea groups is 1. The first-order valence-electron chi connectivity index (χ1n) is 8.54. The molecule has 1 aliphatic rings. The number of para-hydroxylation sites is 1. The summed E-state index contributed by atoms with van der Waals surface area (Å²) < 4.78 is 10.4. The molecule has 1 aromatic carbocycles. The number of carbonyl (C=O) groups excluding carboxylic acids is 2. The Labute approximate surface area is 148 Å². The highest BCUT2D eigenvalue weighted by Gasteiger charge is 2.41. The average molecular weight is 349 g/mol. The SMILES string of the molecule is CCNC(=O)N1CC(C(=O)NCCOC)C(c2ccccc2OC)C1. The largest absolute Gasteiger partial charge is 0.496 e. The predicted octanol–water partition coefficient (Wildman–Crippen LogP) is 1.20. The highest BCUT2D eigenvalue weighted by atomic mass is 16.5. The molecule has 138 valence electrons. The molecular formula is C18H27N3O4. The van der Waals surface area contributed by atoms with Crippen LogP contribution in [0, 0.1) is 5.92 Å². The number of amides is 3. The number of likely N-dealkylation sites (tertiary alicyclic amines) is 1. The Morgan fingerprint density at radius 3 is 2.64 bits per heavy atom. The van der Waals surface area contributed by atoms with Crippen molar-refractivity contribution < 1.29 is 19.1 Å². The van der Waals surface area contributed by atoms with Gasteiger partial charge in [0.25, 0.3) is 0 Å². The molecule has 1 fully saturated rings. The number of benzene rings is 1. The van der Waals surface area contributed by atoms with E-state index < -0.39 is 0 Å². The van der Waals surface area contributed by atoms with E-state index in [2.05, 4.69) is 10.6 Å². The van der Waals surface area contributed by atoms with E-state index in [0.29, 0.717) is 32.8 Å². The lowest BCUT2D eigenvalue weighted by Gasteiger charge is -2.20. The first-order chi connectivity index (χ1) is 12.1. The van der Waals surface area contributed by atoms with Crippen LogP contribution in [0.2, 0.25) is 0 Å².